The molecule has 188 valence electrons. The molecule has 0 unspecified atom stereocenters. The first-order valence-corrected chi connectivity index (χ1v) is 10.8. The van der Waals surface area contributed by atoms with Gasteiger partial charge in [-0.3, -0.25) is 0 Å². The van der Waals surface area contributed by atoms with E-state index in [0.717, 1.165) is 24.0 Å². The number of aliphatic hydroxyl groups excluding tert-OH is 3. The van der Waals surface area contributed by atoms with Crippen molar-refractivity contribution in [2.24, 2.45) is 0 Å². The highest BCUT2D eigenvalue weighted by molar-refractivity contribution is 5.98. The van der Waals surface area contributed by atoms with E-state index < -0.39 is 48.4 Å². The first-order valence-electron chi connectivity index (χ1n) is 10.8. The smallest absolute Gasteiger partial charge is 0.417 e. The van der Waals surface area contributed by atoms with Gasteiger partial charge in [-0.05, 0) is 35.7 Å². The van der Waals surface area contributed by atoms with Crippen LogP contribution in [0.4, 0.5) is 13.2 Å². The third-order valence-corrected chi connectivity index (χ3v) is 5.96. The van der Waals surface area contributed by atoms with Crippen LogP contribution in [0.1, 0.15) is 29.4 Å². The lowest BCUT2D eigenvalue weighted by Crippen LogP contribution is -2.60. The number of fused-ring (bicyclic) bond motifs is 1. The highest BCUT2D eigenvalue weighted by Gasteiger charge is 2.45. The van der Waals surface area contributed by atoms with Gasteiger partial charge in [0.1, 0.15) is 18.3 Å². The zero-order chi connectivity index (χ0) is 25.5. The van der Waals surface area contributed by atoms with Crippen LogP contribution >= 0.6 is 0 Å². The number of halogens is 3. The summed E-state index contributed by atoms with van der Waals surface area (Å²) >= 11 is 0. The molecular weight excluding hydrogens is 471 g/mol. The van der Waals surface area contributed by atoms with Gasteiger partial charge in [-0.2, -0.15) is 17.9 Å². The summed E-state index contributed by atoms with van der Waals surface area (Å²) in [7, 11) is 1.06. The van der Waals surface area contributed by atoms with Crippen LogP contribution < -0.4 is 4.84 Å². The number of aromatic nitrogens is 1. The van der Waals surface area contributed by atoms with Gasteiger partial charge >= 0.3 is 12.1 Å². The minimum atomic E-state index is -4.77. The fraction of sp³-hybridized carbons (Fsp3) is 0.375. The highest BCUT2D eigenvalue weighted by Crippen LogP contribution is 2.39. The van der Waals surface area contributed by atoms with E-state index >= 15 is 0 Å². The van der Waals surface area contributed by atoms with Crippen LogP contribution in [0.3, 0.4) is 0 Å². The Labute approximate surface area is 198 Å². The van der Waals surface area contributed by atoms with Crippen LogP contribution in [0.25, 0.3) is 22.0 Å². The van der Waals surface area contributed by atoms with E-state index in [1.165, 1.54) is 6.07 Å². The van der Waals surface area contributed by atoms with Crippen molar-refractivity contribution in [3.8, 4) is 11.1 Å². The zero-order valence-electron chi connectivity index (χ0n) is 18.8. The van der Waals surface area contributed by atoms with Gasteiger partial charge in [0.15, 0.2) is 5.69 Å². The summed E-state index contributed by atoms with van der Waals surface area (Å²) in [6.07, 6.45) is -11.9. The largest absolute Gasteiger partial charge is 0.464 e. The molecule has 3 aromatic rings. The van der Waals surface area contributed by atoms with E-state index in [1.807, 2.05) is 0 Å². The molecule has 1 aliphatic heterocycles. The van der Waals surface area contributed by atoms with Crippen molar-refractivity contribution in [1.29, 1.82) is 0 Å². The maximum Gasteiger partial charge on any atom is 0.417 e. The predicted octanol–water partition coefficient (Wildman–Crippen LogP) is 2.76. The molecule has 0 aliphatic carbocycles. The lowest BCUT2D eigenvalue weighted by Gasteiger charge is -2.39. The molecule has 0 bridgehead atoms. The van der Waals surface area contributed by atoms with Crippen LogP contribution in [0, 0.1) is 0 Å². The summed E-state index contributed by atoms with van der Waals surface area (Å²) in [6, 6.07) is 11.7. The van der Waals surface area contributed by atoms with Gasteiger partial charge in [-0.15, -0.1) is 0 Å². The lowest BCUT2D eigenvalue weighted by molar-refractivity contribution is -0.295. The Bertz CT molecular complexity index is 1210. The first-order chi connectivity index (χ1) is 16.6. The fourth-order valence-electron chi connectivity index (χ4n) is 4.12. The van der Waals surface area contributed by atoms with Gasteiger partial charge in [0.05, 0.1) is 24.3 Å². The Morgan fingerprint density at radius 1 is 1.03 bits per heavy atom. The number of carbonyl (C=O) groups excluding carboxylic acids is 1. The third kappa shape index (κ3) is 4.59. The molecule has 1 saturated heterocycles. The molecule has 0 saturated carbocycles. The Morgan fingerprint density at radius 3 is 2.31 bits per heavy atom. The Balaban J connectivity index is 1.92. The SMILES string of the molecule is CC[C@H]1O[C@H](On2c(C(=O)OC)cc3c(C(F)(F)F)cc(-c4ccccc4)cc32)[C@@H](O)[C@@H](O)[C@@H]1O. The molecule has 5 atom stereocenters. The van der Waals surface area contributed by atoms with Gasteiger partial charge in [0.25, 0.3) is 6.29 Å². The van der Waals surface area contributed by atoms with Crippen molar-refractivity contribution >= 4 is 16.9 Å². The summed E-state index contributed by atoms with van der Waals surface area (Å²) in [6.45, 7) is 1.67. The highest BCUT2D eigenvalue weighted by atomic mass is 19.4. The van der Waals surface area contributed by atoms with Crippen molar-refractivity contribution in [2.75, 3.05) is 7.11 Å². The molecular formula is C24H24F3NO7. The number of esters is 1. The van der Waals surface area contributed by atoms with Crippen molar-refractivity contribution in [3.63, 3.8) is 0 Å². The second kappa shape index (κ2) is 9.50. The number of alkyl halides is 3. The molecule has 11 heteroatoms. The molecule has 0 radical (unpaired) electrons. The molecule has 0 spiro atoms. The van der Waals surface area contributed by atoms with Crippen molar-refractivity contribution in [3.05, 3.63) is 59.8 Å². The van der Waals surface area contributed by atoms with Crippen LogP contribution in [0.5, 0.6) is 0 Å². The minimum Gasteiger partial charge on any atom is -0.464 e. The van der Waals surface area contributed by atoms with Gasteiger partial charge in [-0.1, -0.05) is 37.3 Å². The number of methoxy groups -OCH3 is 1. The minimum absolute atomic E-state index is 0.136. The van der Waals surface area contributed by atoms with Gasteiger partial charge < -0.3 is 29.6 Å². The molecule has 2 aromatic carbocycles. The zero-order valence-corrected chi connectivity index (χ0v) is 18.8. The van der Waals surface area contributed by atoms with Crippen molar-refractivity contribution in [1.82, 2.24) is 4.73 Å². The molecule has 35 heavy (non-hydrogen) atoms. The van der Waals surface area contributed by atoms with E-state index in [9.17, 15) is 33.3 Å². The molecule has 1 aliphatic rings. The Hall–Kier alpha value is -3.12. The fourth-order valence-corrected chi connectivity index (χ4v) is 4.12. The summed E-state index contributed by atoms with van der Waals surface area (Å²) in [5.41, 5.74) is -0.831. The number of rotatable bonds is 5. The van der Waals surface area contributed by atoms with Crippen molar-refractivity contribution in [2.45, 2.75) is 50.2 Å². The van der Waals surface area contributed by atoms with Crippen LogP contribution in [0.2, 0.25) is 0 Å². The standard InChI is InChI=1S/C24H24F3NO7/c1-3-18-19(29)20(30)21(31)23(34-18)35-28-16-10-13(12-7-5-4-6-8-12)9-15(24(25,26)27)14(16)11-17(28)22(32)33-2/h4-11,18-21,23,29-31H,3H2,1-2H3/t18-,19-,20+,21+,23-/m1/s1. The molecule has 0 amide bonds. The second-order valence-electron chi connectivity index (χ2n) is 8.16. The van der Waals surface area contributed by atoms with Gasteiger partial charge in [0, 0.05) is 5.39 Å². The molecule has 4 rings (SSSR count). The summed E-state index contributed by atoms with van der Waals surface area (Å²) in [5.74, 6) is -0.992. The van der Waals surface area contributed by atoms with Crippen LogP contribution in [-0.2, 0) is 15.7 Å². The monoisotopic (exact) mass is 495 g/mol. The van der Waals surface area contributed by atoms with Crippen LogP contribution in [0.15, 0.2) is 48.5 Å². The van der Waals surface area contributed by atoms with E-state index in [1.54, 1.807) is 37.3 Å². The first kappa shape index (κ1) is 25.0. The number of hydrogen-bond donors (Lipinski definition) is 3. The maximum absolute atomic E-state index is 14.1. The maximum atomic E-state index is 14.1. The number of aliphatic hydroxyl groups is 3. The molecule has 3 N–H and O–H groups in total. The average molecular weight is 495 g/mol. The van der Waals surface area contributed by atoms with Gasteiger partial charge in [0.2, 0.25) is 0 Å². The van der Waals surface area contributed by atoms with E-state index in [4.69, 9.17) is 14.3 Å². The topological polar surface area (TPSA) is 110 Å². The predicted molar refractivity (Wildman–Crippen MR) is 117 cm³/mol. The van der Waals surface area contributed by atoms with E-state index in [2.05, 4.69) is 0 Å². The number of benzene rings is 2. The van der Waals surface area contributed by atoms with E-state index in [0.29, 0.717) is 5.56 Å². The normalized spacial score (nSPS) is 25.0. The molecule has 1 aromatic heterocycles. The molecule has 8 nitrogen and oxygen atoms in total. The number of nitrogens with zero attached hydrogens (tertiary/aromatic N) is 1. The average Bonchev–Trinajstić information content (AvgIpc) is 3.21. The number of ether oxygens (including phenoxy) is 2. The Morgan fingerprint density at radius 2 is 1.71 bits per heavy atom. The third-order valence-electron chi connectivity index (χ3n) is 5.96. The quantitative estimate of drug-likeness (QED) is 0.467. The van der Waals surface area contributed by atoms with Crippen LogP contribution in [-0.4, -0.2) is 63.8 Å². The van der Waals surface area contributed by atoms with E-state index in [-0.39, 0.29) is 28.6 Å². The van der Waals surface area contributed by atoms with Gasteiger partial charge in [-0.25, -0.2) is 4.79 Å². The lowest BCUT2D eigenvalue weighted by atomic mass is 9.97. The van der Waals surface area contributed by atoms with Crippen molar-refractivity contribution < 1.29 is 47.6 Å². The summed E-state index contributed by atoms with van der Waals surface area (Å²) in [5, 5.41) is 30.4. The summed E-state index contributed by atoms with van der Waals surface area (Å²) in [4.78, 5) is 18.2. The summed E-state index contributed by atoms with van der Waals surface area (Å²) < 4.78 is 53.3. The molecule has 1 fully saturated rings. The number of hydrogen-bond acceptors (Lipinski definition) is 7. The Kier molecular flexibility index (Phi) is 6.78. The number of carbonyl (C=O) groups is 1. The second-order valence-corrected chi connectivity index (χ2v) is 8.16. The molecule has 2 heterocycles.